The minimum absolute atomic E-state index is 0.114. The van der Waals surface area contributed by atoms with Gasteiger partial charge in [-0.1, -0.05) is 32.1 Å². The monoisotopic (exact) mass is 522 g/mol. The Morgan fingerprint density at radius 3 is 2.63 bits per heavy atom. The molecule has 2 N–H and O–H groups in total. The summed E-state index contributed by atoms with van der Waals surface area (Å²) >= 11 is 0. The zero-order valence-corrected chi connectivity index (χ0v) is 23.0. The Bertz CT molecular complexity index is 1180. The normalized spacial score (nSPS) is 42.3. The molecule has 206 valence electrons. The van der Waals surface area contributed by atoms with Crippen LogP contribution in [0.1, 0.15) is 76.3 Å². The Kier molecular flexibility index (Phi) is 5.30. The molecule has 1 amide bonds. The lowest BCUT2D eigenvalue weighted by Gasteiger charge is -2.67. The van der Waals surface area contributed by atoms with Crippen LogP contribution in [0.4, 0.5) is 4.79 Å². The molecule has 0 aromatic heterocycles. The first kappa shape index (κ1) is 24.8. The summed E-state index contributed by atoms with van der Waals surface area (Å²) < 4.78 is 12.1. The molecule has 5 aliphatic carbocycles. The van der Waals surface area contributed by atoms with Crippen LogP contribution in [0.5, 0.6) is 11.5 Å². The number of nitrogens with zero attached hydrogens (tertiary/aromatic N) is 2. The second-order valence-corrected chi connectivity index (χ2v) is 14.3. The Labute approximate surface area is 225 Å². The Morgan fingerprint density at radius 2 is 1.95 bits per heavy atom. The van der Waals surface area contributed by atoms with Crippen molar-refractivity contribution in [1.29, 1.82) is 0 Å². The number of rotatable bonds is 5. The first-order valence-electron chi connectivity index (χ1n) is 14.5. The molecule has 7 aliphatic rings. The van der Waals surface area contributed by atoms with E-state index < -0.39 is 12.2 Å². The van der Waals surface area contributed by atoms with E-state index in [0.29, 0.717) is 18.9 Å². The summed E-state index contributed by atoms with van der Waals surface area (Å²) in [6.45, 7) is 7.71. The summed E-state index contributed by atoms with van der Waals surface area (Å²) in [5.41, 5.74) is 2.48. The summed E-state index contributed by atoms with van der Waals surface area (Å²) in [7, 11) is 1.68. The van der Waals surface area contributed by atoms with E-state index >= 15 is 0 Å². The Morgan fingerprint density at radius 1 is 1.18 bits per heavy atom. The van der Waals surface area contributed by atoms with E-state index in [9.17, 15) is 15.0 Å². The van der Waals surface area contributed by atoms with Gasteiger partial charge in [-0.05, 0) is 79.9 Å². The van der Waals surface area contributed by atoms with Crippen molar-refractivity contribution in [1.82, 2.24) is 9.80 Å². The van der Waals surface area contributed by atoms with Crippen molar-refractivity contribution in [3.05, 3.63) is 35.4 Å². The SMILES string of the molecule is COc1ccc2c3c1O[C@H]1C[C@@H](O)C=C[C@@]31CCN(CCN(C(=O)O)C13CC4C[C@@](C)(C1)C[C@](C)(C4)C3)C2. The average molecular weight is 523 g/mol. The third kappa shape index (κ3) is 3.57. The predicted molar refractivity (Wildman–Crippen MR) is 144 cm³/mol. The van der Waals surface area contributed by atoms with E-state index in [1.807, 2.05) is 17.0 Å². The summed E-state index contributed by atoms with van der Waals surface area (Å²) in [5, 5.41) is 20.9. The van der Waals surface area contributed by atoms with Gasteiger partial charge < -0.3 is 24.6 Å². The van der Waals surface area contributed by atoms with E-state index in [1.165, 1.54) is 30.4 Å². The minimum atomic E-state index is -0.753. The van der Waals surface area contributed by atoms with E-state index in [4.69, 9.17) is 9.47 Å². The highest BCUT2D eigenvalue weighted by molar-refractivity contribution is 5.66. The van der Waals surface area contributed by atoms with Crippen LogP contribution in [0.15, 0.2) is 24.3 Å². The molecule has 2 aliphatic heterocycles. The van der Waals surface area contributed by atoms with Gasteiger partial charge in [-0.2, -0.15) is 0 Å². The first-order chi connectivity index (χ1) is 18.1. The van der Waals surface area contributed by atoms with Crippen molar-refractivity contribution < 1.29 is 24.5 Å². The van der Waals surface area contributed by atoms with Crippen LogP contribution in [0, 0.1) is 16.7 Å². The molecule has 8 rings (SSSR count). The van der Waals surface area contributed by atoms with Crippen LogP contribution in [0.25, 0.3) is 0 Å². The Hall–Kier alpha value is -2.25. The maximum atomic E-state index is 12.8. The fourth-order valence-electron chi connectivity index (χ4n) is 10.7. The molecule has 2 heterocycles. The lowest BCUT2D eigenvalue weighted by Crippen LogP contribution is -2.66. The molecule has 7 nitrogen and oxygen atoms in total. The quantitative estimate of drug-likeness (QED) is 0.533. The molecule has 1 spiro atoms. The van der Waals surface area contributed by atoms with Gasteiger partial charge >= 0.3 is 6.09 Å². The summed E-state index contributed by atoms with van der Waals surface area (Å²) in [4.78, 5) is 17.1. The fraction of sp³-hybridized carbons (Fsp3) is 0.710. The molecule has 4 bridgehead atoms. The minimum Gasteiger partial charge on any atom is -0.493 e. The topological polar surface area (TPSA) is 82.5 Å². The lowest BCUT2D eigenvalue weighted by atomic mass is 9.42. The predicted octanol–water partition coefficient (Wildman–Crippen LogP) is 4.95. The molecule has 2 unspecified atom stereocenters. The van der Waals surface area contributed by atoms with E-state index in [1.54, 1.807) is 7.11 Å². The second-order valence-electron chi connectivity index (χ2n) is 14.3. The number of aliphatic hydroxyl groups excluding tert-OH is 1. The summed E-state index contributed by atoms with van der Waals surface area (Å²) in [5.74, 6) is 2.22. The van der Waals surface area contributed by atoms with E-state index in [2.05, 4.69) is 30.9 Å². The highest BCUT2D eigenvalue weighted by atomic mass is 16.5. The third-order valence-electron chi connectivity index (χ3n) is 11.1. The van der Waals surface area contributed by atoms with Crippen LogP contribution in [0.2, 0.25) is 0 Å². The smallest absolute Gasteiger partial charge is 0.407 e. The van der Waals surface area contributed by atoms with Gasteiger partial charge in [0, 0.05) is 37.2 Å². The molecule has 7 heteroatoms. The number of ether oxygens (including phenoxy) is 2. The number of carbonyl (C=O) groups is 1. The fourth-order valence-corrected chi connectivity index (χ4v) is 10.7. The van der Waals surface area contributed by atoms with E-state index in [0.717, 1.165) is 56.8 Å². The largest absolute Gasteiger partial charge is 0.493 e. The molecular weight excluding hydrogens is 480 g/mol. The van der Waals surface area contributed by atoms with Crippen LogP contribution < -0.4 is 9.47 Å². The summed E-state index contributed by atoms with van der Waals surface area (Å²) in [6.07, 6.45) is 11.0. The van der Waals surface area contributed by atoms with Crippen LogP contribution in [0.3, 0.4) is 0 Å². The van der Waals surface area contributed by atoms with Crippen molar-refractivity contribution in [2.75, 3.05) is 26.7 Å². The standard InChI is InChI=1S/C31H42N2O5/c1-28-13-20-14-29(2,17-28)19-30(15-20,18-28)33(27(35)36)11-10-32-9-8-31-7-6-22(34)12-24(31)38-26-23(37-3)5-4-21(16-32)25(26)31/h4-7,20,22,24,34H,8-19H2,1-3H3,(H,35,36)/t20?,22-,24-,28-,29+,30?,31-/m0/s1. The second kappa shape index (κ2) is 8.14. The van der Waals surface area contributed by atoms with Gasteiger partial charge in [-0.3, -0.25) is 4.90 Å². The van der Waals surface area contributed by atoms with Crippen molar-refractivity contribution >= 4 is 6.09 Å². The van der Waals surface area contributed by atoms with Gasteiger partial charge in [0.25, 0.3) is 0 Å². The Balaban J connectivity index is 1.16. The summed E-state index contributed by atoms with van der Waals surface area (Å²) in [6, 6.07) is 4.14. The number of benzene rings is 1. The number of amides is 1. The van der Waals surface area contributed by atoms with Crippen LogP contribution in [-0.2, 0) is 12.0 Å². The maximum absolute atomic E-state index is 12.8. The van der Waals surface area contributed by atoms with Crippen molar-refractivity contribution in [2.24, 2.45) is 16.7 Å². The number of hydrogen-bond donors (Lipinski definition) is 2. The van der Waals surface area contributed by atoms with Crippen LogP contribution >= 0.6 is 0 Å². The highest BCUT2D eigenvalue weighted by Gasteiger charge is 2.63. The lowest BCUT2D eigenvalue weighted by molar-refractivity contribution is -0.153. The number of aliphatic hydroxyl groups is 1. The van der Waals surface area contributed by atoms with Gasteiger partial charge in [-0.15, -0.1) is 0 Å². The van der Waals surface area contributed by atoms with Crippen molar-refractivity contribution in [2.45, 2.75) is 94.9 Å². The average Bonchev–Trinajstić information content (AvgIpc) is 3.05. The molecule has 0 radical (unpaired) electrons. The van der Waals surface area contributed by atoms with Gasteiger partial charge in [0.15, 0.2) is 11.5 Å². The van der Waals surface area contributed by atoms with Gasteiger partial charge in [0.1, 0.15) is 6.10 Å². The molecular formula is C31H42N2O5. The van der Waals surface area contributed by atoms with Crippen molar-refractivity contribution in [3.8, 4) is 11.5 Å². The van der Waals surface area contributed by atoms with Gasteiger partial charge in [0.2, 0.25) is 0 Å². The third-order valence-corrected chi connectivity index (χ3v) is 11.1. The first-order valence-corrected chi connectivity index (χ1v) is 14.5. The molecule has 4 saturated carbocycles. The number of methoxy groups -OCH3 is 1. The number of carboxylic acid groups (broad SMARTS) is 1. The highest BCUT2D eigenvalue weighted by Crippen LogP contribution is 2.67. The van der Waals surface area contributed by atoms with E-state index in [-0.39, 0.29) is 27.9 Å². The molecule has 4 fully saturated rings. The molecule has 0 saturated heterocycles. The molecule has 7 atom stereocenters. The molecule has 1 aromatic carbocycles. The zero-order chi connectivity index (χ0) is 26.5. The molecule has 38 heavy (non-hydrogen) atoms. The maximum Gasteiger partial charge on any atom is 0.407 e. The van der Waals surface area contributed by atoms with Crippen LogP contribution in [-0.4, -0.2) is 70.6 Å². The number of hydrogen-bond acceptors (Lipinski definition) is 5. The van der Waals surface area contributed by atoms with Crippen molar-refractivity contribution in [3.63, 3.8) is 0 Å². The van der Waals surface area contributed by atoms with Gasteiger partial charge in [-0.25, -0.2) is 4.79 Å². The van der Waals surface area contributed by atoms with Gasteiger partial charge in [0.05, 0.1) is 18.6 Å². The zero-order valence-electron chi connectivity index (χ0n) is 23.0. The molecule has 1 aromatic rings.